The monoisotopic (exact) mass is 400 g/mol. The molecule has 0 aliphatic rings. The number of methoxy groups -OCH3 is 1. The first-order valence-corrected chi connectivity index (χ1v) is 10.7. The van der Waals surface area contributed by atoms with E-state index in [0.29, 0.717) is 6.42 Å². The van der Waals surface area contributed by atoms with Crippen LogP contribution in [0.3, 0.4) is 0 Å². The van der Waals surface area contributed by atoms with E-state index in [9.17, 15) is 17.6 Å². The standard InChI is InChI=1S/C22H21FO4S/c1-14(22(24)27-2)17-11-16-6-7-19(23)13-21(16)18(12-17)10-15-4-8-20(9-5-15)28(3,25)26/h4-9,11-14H,10H2,1-3H3. The largest absolute Gasteiger partial charge is 0.469 e. The van der Waals surface area contributed by atoms with Crippen LogP contribution in [0.15, 0.2) is 59.5 Å². The molecule has 0 saturated heterocycles. The van der Waals surface area contributed by atoms with Crippen molar-refractivity contribution in [2.45, 2.75) is 24.2 Å². The number of hydrogen-bond donors (Lipinski definition) is 0. The average Bonchev–Trinajstić information content (AvgIpc) is 2.66. The molecular weight excluding hydrogens is 379 g/mol. The molecule has 3 aromatic rings. The smallest absolute Gasteiger partial charge is 0.312 e. The lowest BCUT2D eigenvalue weighted by Gasteiger charge is -2.15. The maximum absolute atomic E-state index is 13.8. The normalized spacial score (nSPS) is 12.7. The van der Waals surface area contributed by atoms with E-state index in [1.54, 1.807) is 37.3 Å². The van der Waals surface area contributed by atoms with Crippen LogP contribution in [-0.2, 0) is 25.8 Å². The molecule has 0 spiro atoms. The Morgan fingerprint density at radius 3 is 2.36 bits per heavy atom. The van der Waals surface area contributed by atoms with Crippen LogP contribution >= 0.6 is 0 Å². The van der Waals surface area contributed by atoms with E-state index < -0.39 is 15.8 Å². The van der Waals surface area contributed by atoms with Gasteiger partial charge in [0.05, 0.1) is 17.9 Å². The molecule has 0 saturated carbocycles. The molecule has 4 nitrogen and oxygen atoms in total. The topological polar surface area (TPSA) is 60.4 Å². The molecule has 0 aliphatic heterocycles. The van der Waals surface area contributed by atoms with Crippen molar-refractivity contribution in [2.75, 3.05) is 13.4 Å². The Morgan fingerprint density at radius 1 is 1.07 bits per heavy atom. The summed E-state index contributed by atoms with van der Waals surface area (Å²) < 4.78 is 42.0. The van der Waals surface area contributed by atoms with Gasteiger partial charge in [0.1, 0.15) is 5.82 Å². The van der Waals surface area contributed by atoms with Crippen LogP contribution in [0.25, 0.3) is 10.8 Å². The summed E-state index contributed by atoms with van der Waals surface area (Å²) in [5.74, 6) is -1.13. The van der Waals surface area contributed by atoms with Gasteiger partial charge in [0.2, 0.25) is 0 Å². The van der Waals surface area contributed by atoms with E-state index in [-0.39, 0.29) is 16.7 Å². The zero-order valence-electron chi connectivity index (χ0n) is 15.9. The van der Waals surface area contributed by atoms with E-state index in [0.717, 1.165) is 33.7 Å². The molecule has 1 unspecified atom stereocenters. The Hall–Kier alpha value is -2.73. The first kappa shape index (κ1) is 20.0. The number of carbonyl (C=O) groups is 1. The van der Waals surface area contributed by atoms with Gasteiger partial charge in [0.15, 0.2) is 9.84 Å². The quantitative estimate of drug-likeness (QED) is 0.601. The van der Waals surface area contributed by atoms with E-state index in [4.69, 9.17) is 4.74 Å². The highest BCUT2D eigenvalue weighted by Gasteiger charge is 2.18. The van der Waals surface area contributed by atoms with Gasteiger partial charge in [-0.3, -0.25) is 4.79 Å². The third kappa shape index (κ3) is 4.22. The first-order chi connectivity index (χ1) is 13.2. The molecule has 1 atom stereocenters. The number of benzene rings is 3. The Balaban J connectivity index is 2.07. The molecule has 0 aliphatic carbocycles. The highest BCUT2D eigenvalue weighted by atomic mass is 32.2. The molecule has 3 rings (SSSR count). The van der Waals surface area contributed by atoms with Gasteiger partial charge in [0, 0.05) is 6.26 Å². The number of halogens is 1. The van der Waals surface area contributed by atoms with Crippen molar-refractivity contribution < 1.29 is 22.3 Å². The van der Waals surface area contributed by atoms with Gasteiger partial charge >= 0.3 is 5.97 Å². The maximum Gasteiger partial charge on any atom is 0.312 e. The van der Waals surface area contributed by atoms with Gasteiger partial charge in [-0.25, -0.2) is 12.8 Å². The fourth-order valence-electron chi connectivity index (χ4n) is 3.22. The van der Waals surface area contributed by atoms with Gasteiger partial charge in [0.25, 0.3) is 0 Å². The van der Waals surface area contributed by atoms with Gasteiger partial charge < -0.3 is 4.74 Å². The molecular formula is C22H21FO4S. The van der Waals surface area contributed by atoms with Crippen LogP contribution in [0, 0.1) is 5.82 Å². The van der Waals surface area contributed by atoms with Crippen molar-refractivity contribution in [3.63, 3.8) is 0 Å². The molecule has 0 aromatic heterocycles. The molecule has 28 heavy (non-hydrogen) atoms. The highest BCUT2D eigenvalue weighted by Crippen LogP contribution is 2.29. The molecule has 0 radical (unpaired) electrons. The van der Waals surface area contributed by atoms with Crippen LogP contribution < -0.4 is 0 Å². The second-order valence-corrected chi connectivity index (χ2v) is 8.90. The summed E-state index contributed by atoms with van der Waals surface area (Å²) in [5.41, 5.74) is 2.53. The second kappa shape index (κ2) is 7.72. The van der Waals surface area contributed by atoms with Crippen molar-refractivity contribution >= 4 is 26.6 Å². The van der Waals surface area contributed by atoms with E-state index in [1.807, 2.05) is 12.1 Å². The predicted molar refractivity (Wildman–Crippen MR) is 107 cm³/mol. The lowest BCUT2D eigenvalue weighted by Crippen LogP contribution is -2.11. The van der Waals surface area contributed by atoms with Gasteiger partial charge in [-0.05, 0) is 65.1 Å². The fourth-order valence-corrected chi connectivity index (χ4v) is 3.85. The van der Waals surface area contributed by atoms with Gasteiger partial charge in [-0.1, -0.05) is 30.3 Å². The fraction of sp³-hybridized carbons (Fsp3) is 0.227. The molecule has 0 heterocycles. The highest BCUT2D eigenvalue weighted by molar-refractivity contribution is 7.90. The van der Waals surface area contributed by atoms with Gasteiger partial charge in [-0.2, -0.15) is 0 Å². The third-order valence-corrected chi connectivity index (χ3v) is 5.95. The van der Waals surface area contributed by atoms with Crippen LogP contribution in [-0.4, -0.2) is 27.8 Å². The number of carbonyl (C=O) groups excluding carboxylic acids is 1. The lowest BCUT2D eigenvalue weighted by atomic mass is 9.91. The molecule has 0 amide bonds. The minimum Gasteiger partial charge on any atom is -0.469 e. The molecule has 0 N–H and O–H groups in total. The minimum atomic E-state index is -3.26. The Kier molecular flexibility index (Phi) is 5.52. The first-order valence-electron chi connectivity index (χ1n) is 8.78. The van der Waals surface area contributed by atoms with Crippen LogP contribution in [0.2, 0.25) is 0 Å². The van der Waals surface area contributed by atoms with Gasteiger partial charge in [-0.15, -0.1) is 0 Å². The summed E-state index contributed by atoms with van der Waals surface area (Å²) >= 11 is 0. The van der Waals surface area contributed by atoms with Crippen molar-refractivity contribution in [3.8, 4) is 0 Å². The van der Waals surface area contributed by atoms with Crippen LogP contribution in [0.4, 0.5) is 4.39 Å². The summed E-state index contributed by atoms with van der Waals surface area (Å²) in [6.07, 6.45) is 1.64. The SMILES string of the molecule is COC(=O)C(C)c1cc(Cc2ccc(S(C)(=O)=O)cc2)c2cc(F)ccc2c1. The number of sulfone groups is 1. The number of hydrogen-bond acceptors (Lipinski definition) is 4. The average molecular weight is 400 g/mol. The summed E-state index contributed by atoms with van der Waals surface area (Å²) in [5, 5.41) is 1.59. The molecule has 0 fully saturated rings. The van der Waals surface area contributed by atoms with E-state index >= 15 is 0 Å². The maximum atomic E-state index is 13.8. The number of rotatable bonds is 5. The van der Waals surface area contributed by atoms with Crippen molar-refractivity contribution in [2.24, 2.45) is 0 Å². The Labute approximate surface area is 163 Å². The lowest BCUT2D eigenvalue weighted by molar-refractivity contribution is -0.141. The van der Waals surface area contributed by atoms with Crippen LogP contribution in [0.1, 0.15) is 29.5 Å². The summed E-state index contributed by atoms with van der Waals surface area (Å²) in [6.45, 7) is 1.77. The van der Waals surface area contributed by atoms with E-state index in [2.05, 4.69) is 0 Å². The number of ether oxygens (including phenoxy) is 1. The molecule has 3 aromatic carbocycles. The number of esters is 1. The summed E-state index contributed by atoms with van der Waals surface area (Å²) in [4.78, 5) is 12.2. The van der Waals surface area contributed by atoms with Crippen molar-refractivity contribution in [3.05, 3.63) is 77.1 Å². The third-order valence-electron chi connectivity index (χ3n) is 4.83. The Bertz CT molecular complexity index is 1140. The number of fused-ring (bicyclic) bond motifs is 1. The Morgan fingerprint density at radius 2 is 1.75 bits per heavy atom. The summed E-state index contributed by atoms with van der Waals surface area (Å²) in [7, 11) is -1.92. The van der Waals surface area contributed by atoms with E-state index in [1.165, 1.54) is 19.2 Å². The molecule has 146 valence electrons. The van der Waals surface area contributed by atoms with Crippen LogP contribution in [0.5, 0.6) is 0 Å². The van der Waals surface area contributed by atoms with Crippen molar-refractivity contribution in [1.82, 2.24) is 0 Å². The van der Waals surface area contributed by atoms with Crippen molar-refractivity contribution in [1.29, 1.82) is 0 Å². The molecule has 6 heteroatoms. The second-order valence-electron chi connectivity index (χ2n) is 6.88. The zero-order valence-corrected chi connectivity index (χ0v) is 16.7. The minimum absolute atomic E-state index is 0.250. The zero-order chi connectivity index (χ0) is 20.5. The molecule has 0 bridgehead atoms. The predicted octanol–water partition coefficient (Wildman–Crippen LogP) is 4.25. The summed E-state index contributed by atoms with van der Waals surface area (Å²) in [6, 6.07) is 14.9.